The van der Waals surface area contributed by atoms with Crippen molar-refractivity contribution in [3.05, 3.63) is 0 Å². The fraction of sp³-hybridized carbons (Fsp3) is 0.889. The van der Waals surface area contributed by atoms with Crippen LogP contribution in [-0.2, 0) is 14.3 Å². The van der Waals surface area contributed by atoms with Crippen molar-refractivity contribution in [2.45, 2.75) is 63.8 Å². The monoisotopic (exact) mass is 424 g/mol. The van der Waals surface area contributed by atoms with E-state index in [1.807, 2.05) is 18.7 Å². The lowest BCUT2D eigenvalue weighted by molar-refractivity contribution is -0.142. The van der Waals surface area contributed by atoms with Crippen molar-refractivity contribution < 1.29 is 14.3 Å². The van der Waals surface area contributed by atoms with Gasteiger partial charge in [0.1, 0.15) is 6.04 Å². The molecule has 0 radical (unpaired) electrons. The predicted molar refractivity (Wildman–Crippen MR) is 110 cm³/mol. The van der Waals surface area contributed by atoms with Gasteiger partial charge in [0.15, 0.2) is 0 Å². The summed E-state index contributed by atoms with van der Waals surface area (Å²) < 4.78 is 5.58. The Morgan fingerprint density at radius 3 is 2.33 bits per heavy atom. The molecule has 27 heavy (non-hydrogen) atoms. The molecule has 3 rings (SSSR count). The number of nitrogens with one attached hydrogen (secondary N) is 2. The van der Waals surface area contributed by atoms with E-state index in [0.717, 1.165) is 32.5 Å². The van der Waals surface area contributed by atoms with Crippen LogP contribution in [0.1, 0.15) is 39.5 Å². The molecule has 2 N–H and O–H groups in total. The Morgan fingerprint density at radius 2 is 1.74 bits per heavy atom. The number of rotatable bonds is 4. The fourth-order valence-corrected chi connectivity index (χ4v) is 4.09. The molecule has 2 amide bonds. The number of ether oxygens (including phenoxy) is 1. The third-order valence-electron chi connectivity index (χ3n) is 5.84. The van der Waals surface area contributed by atoms with Gasteiger partial charge in [0.2, 0.25) is 11.8 Å². The third kappa shape index (κ3) is 6.19. The average Bonchev–Trinajstić information content (AvgIpc) is 3.14. The van der Waals surface area contributed by atoms with Crippen molar-refractivity contribution in [3.63, 3.8) is 0 Å². The third-order valence-corrected chi connectivity index (χ3v) is 5.84. The Kier molecular flexibility index (Phi) is 10.3. The van der Waals surface area contributed by atoms with Crippen molar-refractivity contribution in [2.75, 3.05) is 39.3 Å². The molecule has 0 aromatic heterocycles. The van der Waals surface area contributed by atoms with Crippen molar-refractivity contribution in [1.29, 1.82) is 0 Å². The van der Waals surface area contributed by atoms with Crippen LogP contribution in [0.3, 0.4) is 0 Å². The van der Waals surface area contributed by atoms with Crippen molar-refractivity contribution in [3.8, 4) is 0 Å². The summed E-state index contributed by atoms with van der Waals surface area (Å²) in [5.41, 5.74) is 0. The number of nitrogens with zero attached hydrogens (tertiary/aromatic N) is 2. The lowest BCUT2D eigenvalue weighted by Gasteiger charge is -2.40. The zero-order valence-corrected chi connectivity index (χ0v) is 17.9. The summed E-state index contributed by atoms with van der Waals surface area (Å²) in [5.74, 6) is 0.248. The molecule has 1 saturated carbocycles. The first kappa shape index (κ1) is 24.4. The van der Waals surface area contributed by atoms with E-state index in [4.69, 9.17) is 4.74 Å². The topological polar surface area (TPSA) is 73.9 Å². The Morgan fingerprint density at radius 1 is 1.11 bits per heavy atom. The van der Waals surface area contributed by atoms with E-state index in [1.54, 1.807) is 0 Å². The van der Waals surface area contributed by atoms with Gasteiger partial charge >= 0.3 is 0 Å². The van der Waals surface area contributed by atoms with Crippen LogP contribution in [0.25, 0.3) is 0 Å². The quantitative estimate of drug-likeness (QED) is 0.697. The van der Waals surface area contributed by atoms with Gasteiger partial charge in [0, 0.05) is 38.8 Å². The highest BCUT2D eigenvalue weighted by Gasteiger charge is 2.34. The highest BCUT2D eigenvalue weighted by Crippen LogP contribution is 2.18. The highest BCUT2D eigenvalue weighted by atomic mass is 35.5. The van der Waals surface area contributed by atoms with Crippen LogP contribution in [0.4, 0.5) is 0 Å². The molecule has 0 bridgehead atoms. The first-order valence-corrected chi connectivity index (χ1v) is 9.74. The largest absolute Gasteiger partial charge is 0.375 e. The van der Waals surface area contributed by atoms with E-state index in [0.29, 0.717) is 25.7 Å². The zero-order valence-electron chi connectivity index (χ0n) is 16.3. The first-order chi connectivity index (χ1) is 12.1. The normalized spacial score (nSPS) is 28.0. The predicted octanol–water partition coefficient (Wildman–Crippen LogP) is 0.798. The first-order valence-electron chi connectivity index (χ1n) is 9.74. The Hall–Kier alpha value is -0.600. The molecule has 0 aromatic carbocycles. The molecule has 1 unspecified atom stereocenters. The standard InChI is InChI=1S/C18H32N4O3.2ClH/c1-13(17(23)20-15-5-3-4-6-15)21-8-10-22(11-9-21)18(24)16-14(2)25-12-7-19-16;;/h13-16,19H,3-12H2,1-2H3,(H,20,23);2*1H/t13?,14-,16+;;/m1../s1. The number of carbonyl (C=O) groups is 2. The summed E-state index contributed by atoms with van der Waals surface area (Å²) in [7, 11) is 0. The zero-order chi connectivity index (χ0) is 17.8. The van der Waals surface area contributed by atoms with Crippen molar-refractivity contribution >= 4 is 36.6 Å². The highest BCUT2D eigenvalue weighted by molar-refractivity contribution is 5.85. The second kappa shape index (κ2) is 11.4. The summed E-state index contributed by atoms with van der Waals surface area (Å²) in [6.07, 6.45) is 4.56. The lowest BCUT2D eigenvalue weighted by atomic mass is 10.1. The van der Waals surface area contributed by atoms with Crippen LogP contribution in [0.15, 0.2) is 0 Å². The van der Waals surface area contributed by atoms with Gasteiger partial charge in [-0.05, 0) is 26.7 Å². The van der Waals surface area contributed by atoms with E-state index in [-0.39, 0.29) is 54.8 Å². The summed E-state index contributed by atoms with van der Waals surface area (Å²) in [6, 6.07) is -0.0204. The minimum atomic E-state index is -0.247. The van der Waals surface area contributed by atoms with Crippen LogP contribution in [0.5, 0.6) is 0 Å². The second-order valence-electron chi connectivity index (χ2n) is 7.53. The van der Waals surface area contributed by atoms with Gasteiger partial charge in [-0.3, -0.25) is 14.5 Å². The van der Waals surface area contributed by atoms with Gasteiger partial charge in [-0.1, -0.05) is 12.8 Å². The molecular formula is C18H34Cl2N4O3. The maximum absolute atomic E-state index is 12.7. The Balaban J connectivity index is 0.00000182. The van der Waals surface area contributed by atoms with E-state index in [1.165, 1.54) is 12.8 Å². The molecule has 1 aliphatic carbocycles. The second-order valence-corrected chi connectivity index (χ2v) is 7.53. The molecule has 158 valence electrons. The molecule has 0 aromatic rings. The minimum Gasteiger partial charge on any atom is -0.375 e. The van der Waals surface area contributed by atoms with E-state index >= 15 is 0 Å². The number of morpholine rings is 1. The number of carbonyl (C=O) groups excluding carboxylic acids is 2. The summed E-state index contributed by atoms with van der Waals surface area (Å²) >= 11 is 0. The molecule has 7 nitrogen and oxygen atoms in total. The smallest absolute Gasteiger partial charge is 0.242 e. The maximum Gasteiger partial charge on any atom is 0.242 e. The Bertz CT molecular complexity index is 483. The van der Waals surface area contributed by atoms with Gasteiger partial charge in [-0.2, -0.15) is 0 Å². The summed E-state index contributed by atoms with van der Waals surface area (Å²) in [4.78, 5) is 29.2. The fourth-order valence-electron chi connectivity index (χ4n) is 4.09. The molecule has 3 atom stereocenters. The van der Waals surface area contributed by atoms with Gasteiger partial charge in [0.05, 0.1) is 18.8 Å². The number of amides is 2. The van der Waals surface area contributed by atoms with Crippen LogP contribution >= 0.6 is 24.8 Å². The minimum absolute atomic E-state index is 0. The van der Waals surface area contributed by atoms with Gasteiger partial charge < -0.3 is 20.3 Å². The van der Waals surface area contributed by atoms with Crippen molar-refractivity contribution in [1.82, 2.24) is 20.4 Å². The Labute approximate surface area is 174 Å². The van der Waals surface area contributed by atoms with Crippen LogP contribution in [-0.4, -0.2) is 85.2 Å². The molecule has 9 heteroatoms. The van der Waals surface area contributed by atoms with Gasteiger partial charge in [-0.25, -0.2) is 0 Å². The SMILES string of the molecule is CC(C(=O)NC1CCCC1)N1CCN(C(=O)[C@H]2NCCO[C@@H]2C)CC1.Cl.Cl. The lowest BCUT2D eigenvalue weighted by Crippen LogP contribution is -2.61. The molecular weight excluding hydrogens is 391 g/mol. The maximum atomic E-state index is 12.7. The molecule has 2 heterocycles. The number of hydrogen-bond acceptors (Lipinski definition) is 5. The molecule has 0 spiro atoms. The summed E-state index contributed by atoms with van der Waals surface area (Å²) in [6.45, 7) is 8.13. The molecule has 3 fully saturated rings. The van der Waals surface area contributed by atoms with Gasteiger partial charge in [-0.15, -0.1) is 24.8 Å². The van der Waals surface area contributed by atoms with Crippen LogP contribution in [0.2, 0.25) is 0 Å². The average molecular weight is 425 g/mol. The van der Waals surface area contributed by atoms with E-state index < -0.39 is 0 Å². The van der Waals surface area contributed by atoms with Crippen LogP contribution < -0.4 is 10.6 Å². The van der Waals surface area contributed by atoms with Crippen molar-refractivity contribution in [2.24, 2.45) is 0 Å². The van der Waals surface area contributed by atoms with Crippen LogP contribution in [0, 0.1) is 0 Å². The number of piperazine rings is 1. The molecule has 3 aliphatic rings. The molecule has 2 aliphatic heterocycles. The van der Waals surface area contributed by atoms with E-state index in [2.05, 4.69) is 15.5 Å². The van der Waals surface area contributed by atoms with E-state index in [9.17, 15) is 9.59 Å². The summed E-state index contributed by atoms with van der Waals surface area (Å²) in [5, 5.41) is 6.44. The molecule has 2 saturated heterocycles. The van der Waals surface area contributed by atoms with Gasteiger partial charge in [0.25, 0.3) is 0 Å². The number of halogens is 2. The number of hydrogen-bond donors (Lipinski definition) is 2.